The molecule has 0 radical (unpaired) electrons. The zero-order chi connectivity index (χ0) is 13.3. The summed E-state index contributed by atoms with van der Waals surface area (Å²) in [6, 6.07) is 3.58. The van der Waals surface area contributed by atoms with Crippen LogP contribution < -0.4 is 0 Å². The monoisotopic (exact) mass is 247 g/mol. The van der Waals surface area contributed by atoms with Crippen LogP contribution in [-0.2, 0) is 7.05 Å². The molecule has 0 aliphatic rings. The minimum atomic E-state index is -0.105. The number of aromatic nitrogens is 2. The van der Waals surface area contributed by atoms with Gasteiger partial charge in [0.25, 0.3) is 5.91 Å². The molecule has 5 nitrogen and oxygen atoms in total. The van der Waals surface area contributed by atoms with Crippen molar-refractivity contribution >= 4 is 5.91 Å². The summed E-state index contributed by atoms with van der Waals surface area (Å²) in [5.74, 6) is 0.719. The van der Waals surface area contributed by atoms with Crippen molar-refractivity contribution in [3.63, 3.8) is 0 Å². The molecule has 96 valence electrons. The van der Waals surface area contributed by atoms with E-state index in [1.807, 2.05) is 33.0 Å². The van der Waals surface area contributed by atoms with E-state index in [0.717, 1.165) is 11.5 Å². The molecule has 2 rings (SSSR count). The van der Waals surface area contributed by atoms with Gasteiger partial charge < -0.3 is 9.32 Å². The number of aryl methyl sites for hydroxylation is 1. The average Bonchev–Trinajstić information content (AvgIpc) is 2.99. The lowest BCUT2D eigenvalue weighted by atomic mass is 10.2. The van der Waals surface area contributed by atoms with Gasteiger partial charge in [-0.25, -0.2) is 0 Å². The summed E-state index contributed by atoms with van der Waals surface area (Å²) in [6.07, 6.45) is 3.21. The minimum Gasteiger partial charge on any atom is -0.467 e. The third-order valence-corrected chi connectivity index (χ3v) is 3.32. The van der Waals surface area contributed by atoms with Crippen LogP contribution in [0, 0.1) is 6.92 Å². The van der Waals surface area contributed by atoms with Gasteiger partial charge in [-0.1, -0.05) is 0 Å². The first-order valence-corrected chi connectivity index (χ1v) is 5.81. The number of carbonyl (C=O) groups excluding carboxylic acids is 1. The Bertz CT molecular complexity index is 543. The van der Waals surface area contributed by atoms with Gasteiger partial charge in [-0.05, 0) is 26.0 Å². The summed E-state index contributed by atoms with van der Waals surface area (Å²) in [5.41, 5.74) is 1.48. The lowest BCUT2D eigenvalue weighted by molar-refractivity contribution is 0.0725. The second kappa shape index (κ2) is 4.68. The van der Waals surface area contributed by atoms with E-state index < -0.39 is 0 Å². The molecule has 0 bridgehead atoms. The number of nitrogens with zero attached hydrogens (tertiary/aromatic N) is 3. The van der Waals surface area contributed by atoms with E-state index in [9.17, 15) is 4.79 Å². The van der Waals surface area contributed by atoms with Crippen molar-refractivity contribution in [2.24, 2.45) is 7.05 Å². The van der Waals surface area contributed by atoms with Crippen molar-refractivity contribution in [3.05, 3.63) is 41.6 Å². The summed E-state index contributed by atoms with van der Waals surface area (Å²) in [6.45, 7) is 3.81. The minimum absolute atomic E-state index is 0.0514. The first kappa shape index (κ1) is 12.4. The van der Waals surface area contributed by atoms with E-state index in [-0.39, 0.29) is 11.9 Å². The van der Waals surface area contributed by atoms with Crippen molar-refractivity contribution in [1.29, 1.82) is 0 Å². The van der Waals surface area contributed by atoms with Crippen LogP contribution in [0.15, 0.2) is 29.0 Å². The van der Waals surface area contributed by atoms with Crippen LogP contribution in [-0.4, -0.2) is 27.6 Å². The maximum absolute atomic E-state index is 12.3. The predicted octanol–water partition coefficient (Wildman–Crippen LogP) is 2.15. The smallest absolute Gasteiger partial charge is 0.257 e. The number of carbonyl (C=O) groups is 1. The van der Waals surface area contributed by atoms with Crippen LogP contribution in [0.4, 0.5) is 0 Å². The Kier molecular flexibility index (Phi) is 3.23. The van der Waals surface area contributed by atoms with Crippen LogP contribution >= 0.6 is 0 Å². The Morgan fingerprint density at radius 2 is 2.28 bits per heavy atom. The fourth-order valence-corrected chi connectivity index (χ4v) is 1.79. The van der Waals surface area contributed by atoms with Gasteiger partial charge in [-0.15, -0.1) is 0 Å². The summed E-state index contributed by atoms with van der Waals surface area (Å²) in [5, 5.41) is 4.09. The Morgan fingerprint density at radius 1 is 1.56 bits per heavy atom. The molecule has 0 saturated carbocycles. The fraction of sp³-hybridized carbons (Fsp3) is 0.385. The molecule has 0 saturated heterocycles. The number of amides is 1. The summed E-state index contributed by atoms with van der Waals surface area (Å²) in [7, 11) is 3.59. The van der Waals surface area contributed by atoms with E-state index in [0.29, 0.717) is 5.56 Å². The number of hydrogen-bond acceptors (Lipinski definition) is 3. The van der Waals surface area contributed by atoms with Gasteiger partial charge in [0.15, 0.2) is 0 Å². The highest BCUT2D eigenvalue weighted by Gasteiger charge is 2.23. The molecule has 1 atom stereocenters. The lowest BCUT2D eigenvalue weighted by Gasteiger charge is -2.23. The van der Waals surface area contributed by atoms with E-state index in [2.05, 4.69) is 5.10 Å². The molecule has 2 aromatic rings. The predicted molar refractivity (Wildman–Crippen MR) is 67.2 cm³/mol. The maximum atomic E-state index is 12.3. The lowest BCUT2D eigenvalue weighted by Crippen LogP contribution is -2.29. The van der Waals surface area contributed by atoms with Crippen molar-refractivity contribution in [2.75, 3.05) is 7.05 Å². The molecule has 0 aliphatic carbocycles. The SMILES string of the molecule is Cc1c(C(=O)N(C)C(C)c2ccco2)cnn1C. The van der Waals surface area contributed by atoms with Crippen LogP contribution in [0.2, 0.25) is 0 Å². The molecule has 0 spiro atoms. The topological polar surface area (TPSA) is 51.3 Å². The fourth-order valence-electron chi connectivity index (χ4n) is 1.79. The zero-order valence-electron chi connectivity index (χ0n) is 11.0. The van der Waals surface area contributed by atoms with E-state index in [4.69, 9.17) is 4.42 Å². The van der Waals surface area contributed by atoms with Gasteiger partial charge >= 0.3 is 0 Å². The van der Waals surface area contributed by atoms with Gasteiger partial charge in [-0.3, -0.25) is 9.48 Å². The van der Waals surface area contributed by atoms with Gasteiger partial charge in [0.1, 0.15) is 5.76 Å². The van der Waals surface area contributed by atoms with E-state index in [1.54, 1.807) is 29.1 Å². The highest BCUT2D eigenvalue weighted by molar-refractivity contribution is 5.95. The summed E-state index contributed by atoms with van der Waals surface area (Å²) in [4.78, 5) is 14.0. The Morgan fingerprint density at radius 3 is 2.78 bits per heavy atom. The Hall–Kier alpha value is -2.04. The van der Waals surface area contributed by atoms with Gasteiger partial charge in [0.05, 0.1) is 24.1 Å². The molecule has 0 aromatic carbocycles. The van der Waals surface area contributed by atoms with Crippen molar-refractivity contribution < 1.29 is 9.21 Å². The van der Waals surface area contributed by atoms with Crippen molar-refractivity contribution in [3.8, 4) is 0 Å². The third-order valence-electron chi connectivity index (χ3n) is 3.32. The largest absolute Gasteiger partial charge is 0.467 e. The van der Waals surface area contributed by atoms with Crippen LogP contribution in [0.5, 0.6) is 0 Å². The number of hydrogen-bond donors (Lipinski definition) is 0. The highest BCUT2D eigenvalue weighted by atomic mass is 16.3. The molecule has 0 fully saturated rings. The molecule has 2 aromatic heterocycles. The standard InChI is InChI=1S/C13H17N3O2/c1-9-11(8-14-16(9)4)13(17)15(3)10(2)12-6-5-7-18-12/h5-8,10H,1-4H3. The normalized spacial score (nSPS) is 12.4. The zero-order valence-corrected chi connectivity index (χ0v) is 11.0. The van der Waals surface area contributed by atoms with Gasteiger partial charge in [-0.2, -0.15) is 5.10 Å². The molecule has 1 unspecified atom stereocenters. The Labute approximate surface area is 106 Å². The third kappa shape index (κ3) is 2.03. The second-order valence-electron chi connectivity index (χ2n) is 4.37. The average molecular weight is 247 g/mol. The Balaban J connectivity index is 2.21. The molecular formula is C13H17N3O2. The summed E-state index contributed by atoms with van der Waals surface area (Å²) >= 11 is 0. The molecule has 1 amide bonds. The highest BCUT2D eigenvalue weighted by Crippen LogP contribution is 2.21. The molecule has 18 heavy (non-hydrogen) atoms. The molecule has 2 heterocycles. The van der Waals surface area contributed by atoms with Crippen LogP contribution in [0.25, 0.3) is 0 Å². The first-order valence-electron chi connectivity index (χ1n) is 5.81. The van der Waals surface area contributed by atoms with Crippen LogP contribution in [0.1, 0.15) is 34.8 Å². The second-order valence-corrected chi connectivity index (χ2v) is 4.37. The van der Waals surface area contributed by atoms with E-state index in [1.165, 1.54) is 0 Å². The summed E-state index contributed by atoms with van der Waals surface area (Å²) < 4.78 is 7.02. The molecule has 5 heteroatoms. The van der Waals surface area contributed by atoms with Crippen LogP contribution in [0.3, 0.4) is 0 Å². The van der Waals surface area contributed by atoms with Crippen molar-refractivity contribution in [1.82, 2.24) is 14.7 Å². The quantitative estimate of drug-likeness (QED) is 0.835. The maximum Gasteiger partial charge on any atom is 0.257 e. The van der Waals surface area contributed by atoms with Gasteiger partial charge in [0.2, 0.25) is 0 Å². The number of rotatable bonds is 3. The van der Waals surface area contributed by atoms with Crippen molar-refractivity contribution in [2.45, 2.75) is 19.9 Å². The molecular weight excluding hydrogens is 230 g/mol. The van der Waals surface area contributed by atoms with E-state index >= 15 is 0 Å². The van der Waals surface area contributed by atoms with Gasteiger partial charge in [0, 0.05) is 19.8 Å². The molecule has 0 N–H and O–H groups in total. The molecule has 0 aliphatic heterocycles. The number of furan rings is 1. The first-order chi connectivity index (χ1) is 8.52.